The highest BCUT2D eigenvalue weighted by atomic mass is 14.4. The molecule has 0 amide bonds. The maximum absolute atomic E-state index is 2.52. The number of rotatable bonds is 6. The standard InChI is InChI=1S/C27H42/c1-6-22-10-7-8-13-25(16-14-22)27(4,5)19-21(3)24-15-17-26(20(2)18-24)23-11-9-12-23/h7,10,13-14,16,21-24H,6,8-9,11-12,15,17-19H2,1-5H3. The summed E-state index contributed by atoms with van der Waals surface area (Å²) in [7, 11) is 0. The third kappa shape index (κ3) is 5.07. The lowest BCUT2D eigenvalue weighted by molar-refractivity contribution is 0.227. The van der Waals surface area contributed by atoms with Crippen molar-refractivity contribution < 1.29 is 0 Å². The van der Waals surface area contributed by atoms with Gasteiger partial charge in [0.15, 0.2) is 0 Å². The molecule has 0 aromatic heterocycles. The summed E-state index contributed by atoms with van der Waals surface area (Å²) in [5.41, 5.74) is 5.43. The zero-order chi connectivity index (χ0) is 19.4. The first kappa shape index (κ1) is 20.7. The lowest BCUT2D eigenvalue weighted by Gasteiger charge is -2.39. The number of hydrogen-bond donors (Lipinski definition) is 0. The van der Waals surface area contributed by atoms with Crippen molar-refractivity contribution in [3.63, 3.8) is 0 Å². The van der Waals surface area contributed by atoms with Crippen LogP contribution in [0.15, 0.2) is 47.1 Å². The molecule has 3 aliphatic rings. The first-order valence-corrected chi connectivity index (χ1v) is 11.6. The van der Waals surface area contributed by atoms with E-state index in [0.29, 0.717) is 5.92 Å². The minimum absolute atomic E-state index is 0.269. The Labute approximate surface area is 168 Å². The molecule has 0 radical (unpaired) electrons. The van der Waals surface area contributed by atoms with E-state index in [-0.39, 0.29) is 5.41 Å². The molecule has 0 heteroatoms. The van der Waals surface area contributed by atoms with Crippen LogP contribution in [0.5, 0.6) is 0 Å². The summed E-state index contributed by atoms with van der Waals surface area (Å²) in [6.45, 7) is 12.2. The second-order valence-electron chi connectivity index (χ2n) is 10.3. The van der Waals surface area contributed by atoms with Gasteiger partial charge in [-0.25, -0.2) is 0 Å². The SMILES string of the molecule is CCC1C=CCC=C(C(C)(C)CC(C)C2CCC(C3CCC3)=C(C)C2)C=C1. The first-order chi connectivity index (χ1) is 12.9. The molecule has 1 saturated carbocycles. The Morgan fingerprint density at radius 3 is 2.56 bits per heavy atom. The van der Waals surface area contributed by atoms with E-state index in [4.69, 9.17) is 0 Å². The molecule has 0 heterocycles. The Hall–Kier alpha value is -1.04. The second kappa shape index (κ2) is 8.97. The Kier molecular flexibility index (Phi) is 6.88. The van der Waals surface area contributed by atoms with Crippen LogP contribution in [0.1, 0.15) is 92.4 Å². The summed E-state index contributed by atoms with van der Waals surface area (Å²) in [4.78, 5) is 0. The fourth-order valence-corrected chi connectivity index (χ4v) is 5.65. The summed E-state index contributed by atoms with van der Waals surface area (Å²) in [5, 5.41) is 0. The molecule has 3 aliphatic carbocycles. The second-order valence-corrected chi connectivity index (χ2v) is 10.3. The van der Waals surface area contributed by atoms with E-state index in [1.807, 2.05) is 5.57 Å². The van der Waals surface area contributed by atoms with Gasteiger partial charge in [-0.2, -0.15) is 0 Å². The molecule has 0 saturated heterocycles. The van der Waals surface area contributed by atoms with Crippen LogP contribution in [0.4, 0.5) is 0 Å². The molecule has 0 bridgehead atoms. The van der Waals surface area contributed by atoms with Crippen LogP contribution >= 0.6 is 0 Å². The first-order valence-electron chi connectivity index (χ1n) is 11.6. The Morgan fingerprint density at radius 2 is 1.93 bits per heavy atom. The van der Waals surface area contributed by atoms with Gasteiger partial charge in [0.25, 0.3) is 0 Å². The van der Waals surface area contributed by atoms with Gasteiger partial charge in [-0.1, -0.05) is 75.6 Å². The van der Waals surface area contributed by atoms with Crippen molar-refractivity contribution >= 4 is 0 Å². The Morgan fingerprint density at radius 1 is 1.15 bits per heavy atom. The predicted octanol–water partition coefficient (Wildman–Crippen LogP) is 8.42. The van der Waals surface area contributed by atoms with E-state index in [1.165, 1.54) is 51.4 Å². The smallest absolute Gasteiger partial charge is 0.00528 e. The van der Waals surface area contributed by atoms with Crippen molar-refractivity contribution in [3.05, 3.63) is 47.1 Å². The van der Waals surface area contributed by atoms with Crippen LogP contribution in [-0.2, 0) is 0 Å². The highest BCUT2D eigenvalue weighted by Gasteiger charge is 2.32. The van der Waals surface area contributed by atoms with Gasteiger partial charge in [0.1, 0.15) is 0 Å². The molecule has 0 aromatic carbocycles. The van der Waals surface area contributed by atoms with Crippen LogP contribution in [0.2, 0.25) is 0 Å². The van der Waals surface area contributed by atoms with E-state index in [9.17, 15) is 0 Å². The van der Waals surface area contributed by atoms with Crippen molar-refractivity contribution in [2.75, 3.05) is 0 Å². The molecule has 3 rings (SSSR count). The van der Waals surface area contributed by atoms with Crippen molar-refractivity contribution in [3.8, 4) is 0 Å². The lowest BCUT2D eigenvalue weighted by Crippen LogP contribution is -2.26. The molecule has 0 spiro atoms. The van der Waals surface area contributed by atoms with Crippen LogP contribution < -0.4 is 0 Å². The molecule has 3 unspecified atom stereocenters. The summed E-state index contributed by atoms with van der Waals surface area (Å²) in [6, 6.07) is 0. The molecule has 27 heavy (non-hydrogen) atoms. The third-order valence-corrected chi connectivity index (χ3v) is 7.77. The van der Waals surface area contributed by atoms with Gasteiger partial charge in [-0.15, -0.1) is 0 Å². The van der Waals surface area contributed by atoms with E-state index in [1.54, 1.807) is 11.1 Å². The molecule has 0 aromatic rings. The third-order valence-electron chi connectivity index (χ3n) is 7.77. The number of hydrogen-bond acceptors (Lipinski definition) is 0. The van der Waals surface area contributed by atoms with Crippen LogP contribution in [0.3, 0.4) is 0 Å². The maximum atomic E-state index is 2.52. The zero-order valence-corrected chi connectivity index (χ0v) is 18.6. The molecular weight excluding hydrogens is 324 g/mol. The van der Waals surface area contributed by atoms with E-state index in [2.05, 4.69) is 65.0 Å². The van der Waals surface area contributed by atoms with Crippen molar-refractivity contribution in [2.24, 2.45) is 29.1 Å². The van der Waals surface area contributed by atoms with E-state index < -0.39 is 0 Å². The van der Waals surface area contributed by atoms with Gasteiger partial charge in [0.2, 0.25) is 0 Å². The summed E-state index contributed by atoms with van der Waals surface area (Å²) < 4.78 is 0. The van der Waals surface area contributed by atoms with Gasteiger partial charge in [-0.3, -0.25) is 0 Å². The quantitative estimate of drug-likeness (QED) is 0.414. The van der Waals surface area contributed by atoms with E-state index >= 15 is 0 Å². The fraction of sp³-hybridized carbons (Fsp3) is 0.704. The zero-order valence-electron chi connectivity index (χ0n) is 18.6. The van der Waals surface area contributed by atoms with Gasteiger partial charge in [-0.05, 0) is 93.0 Å². The summed E-state index contributed by atoms with van der Waals surface area (Å²) in [6.07, 6.45) is 24.2. The normalized spacial score (nSPS) is 28.4. The van der Waals surface area contributed by atoms with Crippen molar-refractivity contribution in [2.45, 2.75) is 92.4 Å². The molecule has 0 aliphatic heterocycles. The van der Waals surface area contributed by atoms with Gasteiger partial charge in [0.05, 0.1) is 0 Å². The van der Waals surface area contributed by atoms with E-state index in [0.717, 1.165) is 24.2 Å². The van der Waals surface area contributed by atoms with Crippen LogP contribution in [-0.4, -0.2) is 0 Å². The monoisotopic (exact) mass is 366 g/mol. The van der Waals surface area contributed by atoms with Crippen molar-refractivity contribution in [1.29, 1.82) is 0 Å². The predicted molar refractivity (Wildman–Crippen MR) is 120 cm³/mol. The molecule has 1 fully saturated rings. The number of allylic oxidation sites excluding steroid dienone is 8. The Bertz CT molecular complexity index is 620. The molecule has 3 atom stereocenters. The minimum Gasteiger partial charge on any atom is -0.0841 e. The average Bonchev–Trinajstić information content (AvgIpc) is 2.54. The van der Waals surface area contributed by atoms with Crippen molar-refractivity contribution in [1.82, 2.24) is 0 Å². The fourth-order valence-electron chi connectivity index (χ4n) is 5.65. The van der Waals surface area contributed by atoms with Crippen LogP contribution in [0.25, 0.3) is 0 Å². The average molecular weight is 367 g/mol. The van der Waals surface area contributed by atoms with Gasteiger partial charge in [0, 0.05) is 0 Å². The van der Waals surface area contributed by atoms with Gasteiger partial charge < -0.3 is 0 Å². The highest BCUT2D eigenvalue weighted by Crippen LogP contribution is 2.46. The highest BCUT2D eigenvalue weighted by molar-refractivity contribution is 5.29. The molecule has 150 valence electrons. The topological polar surface area (TPSA) is 0 Å². The lowest BCUT2D eigenvalue weighted by atomic mass is 9.66. The summed E-state index contributed by atoms with van der Waals surface area (Å²) >= 11 is 0. The minimum atomic E-state index is 0.269. The molecular formula is C27H42. The largest absolute Gasteiger partial charge is 0.0841 e. The molecule has 0 N–H and O–H groups in total. The molecule has 0 nitrogen and oxygen atoms in total. The summed E-state index contributed by atoms with van der Waals surface area (Å²) in [5.74, 6) is 3.25. The van der Waals surface area contributed by atoms with Crippen LogP contribution in [0, 0.1) is 29.1 Å². The Balaban J connectivity index is 1.63. The maximum Gasteiger partial charge on any atom is -0.00528 e. The van der Waals surface area contributed by atoms with Gasteiger partial charge >= 0.3 is 0 Å².